The molecule has 0 atom stereocenters. The normalized spacial score (nSPS) is 21.0. The van der Waals surface area contributed by atoms with Crippen molar-refractivity contribution < 1.29 is 14.2 Å². The minimum absolute atomic E-state index is 0. The number of halogens is 1. The smallest absolute Gasteiger partial charge is 0.194 e. The molecule has 0 radical (unpaired) electrons. The van der Waals surface area contributed by atoms with Gasteiger partial charge < -0.3 is 24.4 Å². The number of methoxy groups -OCH3 is 2. The molecule has 0 bridgehead atoms. The standard InChI is InChI=1S/C24H38N4O3.HI/c1-4-25-23(26-18-24(8-13-31-14-9-24)28-10-5-6-11-28)27-12-7-19-15-21(29-2)22(30-3)16-20(19)17-27;/h15-16H,4-14,17-18H2,1-3H3,(H,25,26);1H. The van der Waals surface area contributed by atoms with E-state index in [4.69, 9.17) is 19.2 Å². The third-order valence-corrected chi connectivity index (χ3v) is 7.08. The van der Waals surface area contributed by atoms with E-state index in [1.165, 1.54) is 37.1 Å². The van der Waals surface area contributed by atoms with Crippen LogP contribution >= 0.6 is 24.0 Å². The maximum absolute atomic E-state index is 5.71. The third-order valence-electron chi connectivity index (χ3n) is 7.08. The van der Waals surface area contributed by atoms with Gasteiger partial charge in [0.15, 0.2) is 17.5 Å². The maximum atomic E-state index is 5.71. The highest BCUT2D eigenvalue weighted by molar-refractivity contribution is 14.0. The molecule has 7 nitrogen and oxygen atoms in total. The third kappa shape index (κ3) is 5.44. The van der Waals surface area contributed by atoms with E-state index < -0.39 is 0 Å². The predicted octanol–water partition coefficient (Wildman–Crippen LogP) is 3.29. The zero-order valence-corrected chi connectivity index (χ0v) is 22.2. The molecule has 0 unspecified atom stereocenters. The molecule has 8 heteroatoms. The monoisotopic (exact) mass is 558 g/mol. The van der Waals surface area contributed by atoms with Crippen molar-refractivity contribution in [2.45, 2.75) is 51.1 Å². The van der Waals surface area contributed by atoms with Crippen LogP contribution in [0.5, 0.6) is 11.5 Å². The lowest BCUT2D eigenvalue weighted by atomic mass is 9.88. The van der Waals surface area contributed by atoms with E-state index in [9.17, 15) is 0 Å². The summed E-state index contributed by atoms with van der Waals surface area (Å²) in [6, 6.07) is 4.24. The molecule has 0 spiro atoms. The van der Waals surface area contributed by atoms with Crippen LogP contribution in [0.3, 0.4) is 0 Å². The first kappa shape index (κ1) is 25.4. The second-order valence-electron chi connectivity index (χ2n) is 8.85. The first-order chi connectivity index (χ1) is 15.2. The Morgan fingerprint density at radius 3 is 2.34 bits per heavy atom. The van der Waals surface area contributed by atoms with E-state index >= 15 is 0 Å². The Kier molecular flexibility index (Phi) is 9.31. The molecule has 0 amide bonds. The summed E-state index contributed by atoms with van der Waals surface area (Å²) in [4.78, 5) is 10.3. The van der Waals surface area contributed by atoms with E-state index in [0.717, 1.165) is 76.1 Å². The predicted molar refractivity (Wildman–Crippen MR) is 139 cm³/mol. The highest BCUT2D eigenvalue weighted by atomic mass is 127. The summed E-state index contributed by atoms with van der Waals surface area (Å²) in [5, 5.41) is 3.55. The van der Waals surface area contributed by atoms with Crippen LogP contribution in [0.2, 0.25) is 0 Å². The average molecular weight is 559 g/mol. The number of nitrogens with one attached hydrogen (secondary N) is 1. The van der Waals surface area contributed by atoms with Gasteiger partial charge in [-0.05, 0) is 75.4 Å². The van der Waals surface area contributed by atoms with Gasteiger partial charge in [-0.25, -0.2) is 0 Å². The van der Waals surface area contributed by atoms with E-state index in [1.54, 1.807) is 14.2 Å². The van der Waals surface area contributed by atoms with Crippen LogP contribution in [-0.2, 0) is 17.7 Å². The molecule has 2 fully saturated rings. The van der Waals surface area contributed by atoms with Gasteiger partial charge in [0, 0.05) is 38.4 Å². The molecule has 1 aromatic rings. The SMILES string of the molecule is CCNC(=NCC1(N2CCCC2)CCOCC1)N1CCc2cc(OC)c(OC)cc2C1.I. The summed E-state index contributed by atoms with van der Waals surface area (Å²) in [6.07, 6.45) is 5.75. The van der Waals surface area contributed by atoms with Gasteiger partial charge >= 0.3 is 0 Å². The number of rotatable bonds is 6. The summed E-state index contributed by atoms with van der Waals surface area (Å²) >= 11 is 0. The average Bonchev–Trinajstić information content (AvgIpc) is 3.37. The van der Waals surface area contributed by atoms with Crippen molar-refractivity contribution in [2.75, 3.05) is 60.2 Å². The fourth-order valence-corrected chi connectivity index (χ4v) is 5.23. The van der Waals surface area contributed by atoms with Gasteiger partial charge in [0.05, 0.1) is 20.8 Å². The maximum Gasteiger partial charge on any atom is 0.194 e. The fourth-order valence-electron chi connectivity index (χ4n) is 5.23. The Labute approximate surface area is 209 Å². The molecule has 3 aliphatic heterocycles. The molecule has 0 aliphatic carbocycles. The fraction of sp³-hybridized carbons (Fsp3) is 0.708. The van der Waals surface area contributed by atoms with Crippen molar-refractivity contribution in [3.8, 4) is 11.5 Å². The Morgan fingerprint density at radius 1 is 1.06 bits per heavy atom. The molecule has 2 saturated heterocycles. The lowest BCUT2D eigenvalue weighted by Crippen LogP contribution is -2.54. The molecule has 3 aliphatic rings. The first-order valence-electron chi connectivity index (χ1n) is 11.8. The van der Waals surface area contributed by atoms with E-state index in [0.29, 0.717) is 0 Å². The quantitative estimate of drug-likeness (QED) is 0.329. The van der Waals surface area contributed by atoms with Gasteiger partial charge in [-0.2, -0.15) is 0 Å². The molecule has 1 N–H and O–H groups in total. The first-order valence-corrected chi connectivity index (χ1v) is 11.8. The van der Waals surface area contributed by atoms with Crippen molar-refractivity contribution >= 4 is 29.9 Å². The van der Waals surface area contributed by atoms with Crippen LogP contribution in [0.4, 0.5) is 0 Å². The second-order valence-corrected chi connectivity index (χ2v) is 8.85. The van der Waals surface area contributed by atoms with E-state index in [2.05, 4.69) is 34.2 Å². The molecule has 0 aromatic heterocycles. The van der Waals surface area contributed by atoms with Crippen molar-refractivity contribution in [1.82, 2.24) is 15.1 Å². The summed E-state index contributed by atoms with van der Waals surface area (Å²) in [5.74, 6) is 2.62. The van der Waals surface area contributed by atoms with Crippen LogP contribution < -0.4 is 14.8 Å². The minimum atomic E-state index is 0. The van der Waals surface area contributed by atoms with Crippen molar-refractivity contribution in [3.63, 3.8) is 0 Å². The number of likely N-dealkylation sites (tertiary alicyclic amines) is 1. The molecule has 3 heterocycles. The number of aliphatic imine (C=N–C) groups is 1. The van der Waals surface area contributed by atoms with Gasteiger partial charge in [-0.1, -0.05) is 0 Å². The Bertz CT molecular complexity index is 777. The van der Waals surface area contributed by atoms with Gasteiger partial charge in [-0.15, -0.1) is 24.0 Å². The number of guanidine groups is 1. The molecule has 4 rings (SSSR count). The lowest BCUT2D eigenvalue weighted by molar-refractivity contribution is -0.0140. The van der Waals surface area contributed by atoms with Gasteiger partial charge in [0.25, 0.3) is 0 Å². The number of hydrogen-bond acceptors (Lipinski definition) is 5. The molecular formula is C24H39IN4O3. The Balaban J connectivity index is 0.00000289. The van der Waals surface area contributed by atoms with Gasteiger partial charge in [-0.3, -0.25) is 9.89 Å². The summed E-state index contributed by atoms with van der Waals surface area (Å²) < 4.78 is 16.7. The zero-order valence-electron chi connectivity index (χ0n) is 19.8. The van der Waals surface area contributed by atoms with Crippen LogP contribution in [0.1, 0.15) is 43.7 Å². The van der Waals surface area contributed by atoms with Crippen molar-refractivity contribution in [3.05, 3.63) is 23.3 Å². The van der Waals surface area contributed by atoms with Gasteiger partial charge in [0.2, 0.25) is 0 Å². The minimum Gasteiger partial charge on any atom is -0.493 e. The second kappa shape index (κ2) is 11.7. The number of hydrogen-bond donors (Lipinski definition) is 1. The van der Waals surface area contributed by atoms with E-state index in [-0.39, 0.29) is 29.5 Å². The molecule has 1 aromatic carbocycles. The van der Waals surface area contributed by atoms with Gasteiger partial charge in [0.1, 0.15) is 0 Å². The topological polar surface area (TPSA) is 58.6 Å². The number of benzene rings is 1. The number of fused-ring (bicyclic) bond motifs is 1. The summed E-state index contributed by atoms with van der Waals surface area (Å²) in [6.45, 7) is 9.74. The highest BCUT2D eigenvalue weighted by Crippen LogP contribution is 2.34. The molecule has 0 saturated carbocycles. The van der Waals surface area contributed by atoms with Crippen LogP contribution in [0, 0.1) is 0 Å². The van der Waals surface area contributed by atoms with Crippen LogP contribution in [0.15, 0.2) is 17.1 Å². The van der Waals surface area contributed by atoms with Crippen LogP contribution in [0.25, 0.3) is 0 Å². The molecular weight excluding hydrogens is 519 g/mol. The number of ether oxygens (including phenoxy) is 3. The van der Waals surface area contributed by atoms with Crippen LogP contribution in [-0.4, -0.2) is 81.5 Å². The summed E-state index contributed by atoms with van der Waals surface area (Å²) in [5.41, 5.74) is 2.78. The van der Waals surface area contributed by atoms with E-state index in [1.807, 2.05) is 0 Å². The van der Waals surface area contributed by atoms with Crippen molar-refractivity contribution in [1.29, 1.82) is 0 Å². The highest BCUT2D eigenvalue weighted by Gasteiger charge is 2.39. The summed E-state index contributed by atoms with van der Waals surface area (Å²) in [7, 11) is 3.39. The Morgan fingerprint density at radius 2 is 1.72 bits per heavy atom. The lowest BCUT2D eigenvalue weighted by Gasteiger charge is -2.44. The molecule has 180 valence electrons. The zero-order chi connectivity index (χ0) is 21.7. The number of nitrogens with zero attached hydrogens (tertiary/aromatic N) is 3. The largest absolute Gasteiger partial charge is 0.493 e. The molecule has 32 heavy (non-hydrogen) atoms. The Hall–Kier alpha value is -1.26. The van der Waals surface area contributed by atoms with Crippen molar-refractivity contribution in [2.24, 2.45) is 4.99 Å².